The minimum Gasteiger partial charge on any atom is -0.454 e. The van der Waals surface area contributed by atoms with Crippen LogP contribution in [0.2, 0.25) is 0 Å². The fourth-order valence-corrected chi connectivity index (χ4v) is 6.47. The number of aromatic nitrogens is 1. The van der Waals surface area contributed by atoms with E-state index < -0.39 is 0 Å². The zero-order valence-corrected chi connectivity index (χ0v) is 23.5. The lowest BCUT2D eigenvalue weighted by molar-refractivity contribution is -0.116. The minimum absolute atomic E-state index is 0.108. The van der Waals surface area contributed by atoms with E-state index in [1.54, 1.807) is 34.9 Å². The third-order valence-electron chi connectivity index (χ3n) is 6.62. The molecule has 2 aliphatic rings. The number of ether oxygens (including phenoxy) is 2. The Labute approximate surface area is 239 Å². The number of hydrogen-bond donors (Lipinski definition) is 1. The Morgan fingerprint density at radius 3 is 2.77 bits per heavy atom. The summed E-state index contributed by atoms with van der Waals surface area (Å²) in [5.74, 6) is 0.937. The van der Waals surface area contributed by atoms with Gasteiger partial charge < -0.3 is 19.4 Å². The van der Waals surface area contributed by atoms with Crippen molar-refractivity contribution in [2.45, 2.75) is 18.4 Å². The molecule has 6 rings (SSSR count). The van der Waals surface area contributed by atoms with Crippen LogP contribution in [0.5, 0.6) is 11.5 Å². The summed E-state index contributed by atoms with van der Waals surface area (Å²) in [6.45, 7) is 2.24. The van der Waals surface area contributed by atoms with Gasteiger partial charge in [0, 0.05) is 38.8 Å². The number of nitrogens with one attached hydrogen (secondary N) is 1. The molecule has 0 radical (unpaired) electrons. The third kappa shape index (κ3) is 4.80. The highest BCUT2D eigenvalue weighted by atomic mass is 32.2. The van der Waals surface area contributed by atoms with Crippen molar-refractivity contribution < 1.29 is 19.1 Å². The van der Waals surface area contributed by atoms with Gasteiger partial charge in [0.05, 0.1) is 10.6 Å². The van der Waals surface area contributed by atoms with Crippen molar-refractivity contribution in [1.82, 2.24) is 4.57 Å². The first-order valence-electron chi connectivity index (χ1n) is 12.1. The second-order valence-corrected chi connectivity index (χ2v) is 11.5. The molecule has 0 atom stereocenters. The highest BCUT2D eigenvalue weighted by Gasteiger charge is 2.34. The van der Waals surface area contributed by atoms with Crippen LogP contribution in [0.4, 0.5) is 11.4 Å². The van der Waals surface area contributed by atoms with Crippen molar-refractivity contribution >= 4 is 80.2 Å². The maximum Gasteiger partial charge on any atom is 0.270 e. The second kappa shape index (κ2) is 10.4. The number of para-hydroxylation sites is 1. The van der Waals surface area contributed by atoms with Crippen LogP contribution in [-0.2, 0) is 16.1 Å². The van der Waals surface area contributed by atoms with Crippen LogP contribution >= 0.6 is 35.7 Å². The summed E-state index contributed by atoms with van der Waals surface area (Å²) >= 11 is 8.50. The average Bonchev–Trinajstić information content (AvgIpc) is 3.59. The minimum atomic E-state index is -0.177. The first kappa shape index (κ1) is 25.5. The lowest BCUT2D eigenvalue weighted by Crippen LogP contribution is -2.27. The molecule has 1 N–H and O–H groups in total. The van der Waals surface area contributed by atoms with E-state index in [9.17, 15) is 9.59 Å². The number of carbonyl (C=O) groups excluding carboxylic acids is 2. The molecule has 4 aromatic rings. The summed E-state index contributed by atoms with van der Waals surface area (Å²) in [5, 5.41) is 3.90. The second-order valence-electron chi connectivity index (χ2n) is 8.94. The van der Waals surface area contributed by atoms with Gasteiger partial charge in [0.15, 0.2) is 15.8 Å². The van der Waals surface area contributed by atoms with Crippen LogP contribution < -0.4 is 19.7 Å². The Balaban J connectivity index is 1.30. The summed E-state index contributed by atoms with van der Waals surface area (Å²) in [6, 6.07) is 21.0. The molecule has 1 aromatic heterocycles. The number of carbonyl (C=O) groups is 2. The first-order valence-corrected chi connectivity index (χ1v) is 14.6. The molecular weight excluding hydrogens is 551 g/mol. The molecule has 196 valence electrons. The van der Waals surface area contributed by atoms with Gasteiger partial charge in [-0.25, -0.2) is 0 Å². The number of hydrogen-bond acceptors (Lipinski definition) is 7. The molecular formula is C29H23N3O4S3. The maximum atomic E-state index is 13.5. The van der Waals surface area contributed by atoms with E-state index in [0.29, 0.717) is 26.4 Å². The zero-order valence-electron chi connectivity index (χ0n) is 21.1. The van der Waals surface area contributed by atoms with Gasteiger partial charge >= 0.3 is 0 Å². The van der Waals surface area contributed by atoms with Crippen molar-refractivity contribution in [2.24, 2.45) is 0 Å². The number of benzene rings is 3. The number of nitrogens with zero attached hydrogens (tertiary/aromatic N) is 2. The molecule has 39 heavy (non-hydrogen) atoms. The Hall–Kier alpha value is -3.73. The van der Waals surface area contributed by atoms with Gasteiger partial charge in [-0.05, 0) is 55.7 Å². The Bertz CT molecular complexity index is 1690. The Morgan fingerprint density at radius 1 is 1.10 bits per heavy atom. The smallest absolute Gasteiger partial charge is 0.270 e. The number of thiocarbonyl (C=S) groups is 1. The van der Waals surface area contributed by atoms with Crippen molar-refractivity contribution in [3.63, 3.8) is 0 Å². The molecule has 7 nitrogen and oxygen atoms in total. The Kier molecular flexibility index (Phi) is 6.84. The van der Waals surface area contributed by atoms with E-state index in [1.807, 2.05) is 72.4 Å². The van der Waals surface area contributed by atoms with E-state index in [4.69, 9.17) is 21.7 Å². The third-order valence-corrected chi connectivity index (χ3v) is 8.65. The van der Waals surface area contributed by atoms with Gasteiger partial charge in [-0.2, -0.15) is 0 Å². The van der Waals surface area contributed by atoms with Crippen LogP contribution in [0.15, 0.2) is 76.5 Å². The number of fused-ring (bicyclic) bond motifs is 2. The molecule has 1 fully saturated rings. The summed E-state index contributed by atoms with van der Waals surface area (Å²) < 4.78 is 13.2. The topological polar surface area (TPSA) is 72.8 Å². The molecule has 3 aromatic carbocycles. The number of anilines is 2. The van der Waals surface area contributed by atoms with Crippen LogP contribution in [0.3, 0.4) is 0 Å². The fraction of sp³-hybridized carbons (Fsp3) is 0.138. The zero-order chi connectivity index (χ0) is 27.1. The van der Waals surface area contributed by atoms with Gasteiger partial charge in [-0.15, -0.1) is 11.8 Å². The summed E-state index contributed by atoms with van der Waals surface area (Å²) in [6.07, 6.45) is 3.89. The highest BCUT2D eigenvalue weighted by molar-refractivity contribution is 8.27. The molecule has 2 amide bonds. The van der Waals surface area contributed by atoms with Crippen LogP contribution in [-0.4, -0.2) is 33.8 Å². The van der Waals surface area contributed by atoms with E-state index in [1.165, 1.54) is 11.8 Å². The van der Waals surface area contributed by atoms with E-state index >= 15 is 0 Å². The normalized spacial score (nSPS) is 15.5. The van der Waals surface area contributed by atoms with Gasteiger partial charge in [-0.3, -0.25) is 14.5 Å². The van der Waals surface area contributed by atoms with Gasteiger partial charge in [0.1, 0.15) is 6.54 Å². The Morgan fingerprint density at radius 2 is 1.92 bits per heavy atom. The standard InChI is InChI=1S/C29H23N3O4S3/c1-17-22(14-26-28(34)32(29(37)39-26)19-6-5-7-20(13-19)38-2)21-8-3-4-9-23(21)31(17)15-27(33)30-18-10-11-24-25(12-18)36-16-35-24/h3-14H,15-16H2,1-2H3,(H,30,33)/b26-14-. The SMILES string of the molecule is CSc1cccc(N2C(=O)/C(=C/c3c(C)n(CC(=O)Nc4ccc5c(c4)OCO5)c4ccccc34)SC2=S)c1. The molecule has 2 aliphatic heterocycles. The number of amides is 2. The summed E-state index contributed by atoms with van der Waals surface area (Å²) in [4.78, 5) is 29.8. The lowest BCUT2D eigenvalue weighted by Gasteiger charge is -2.15. The predicted molar refractivity (Wildman–Crippen MR) is 162 cm³/mol. The molecule has 10 heteroatoms. The number of rotatable bonds is 6. The van der Waals surface area contributed by atoms with Crippen LogP contribution in [0.25, 0.3) is 17.0 Å². The van der Waals surface area contributed by atoms with Crippen LogP contribution in [0, 0.1) is 6.92 Å². The van der Waals surface area contributed by atoms with Crippen molar-refractivity contribution in [1.29, 1.82) is 0 Å². The molecule has 0 bridgehead atoms. The van der Waals surface area contributed by atoms with Gasteiger partial charge in [0.2, 0.25) is 12.7 Å². The molecule has 0 unspecified atom stereocenters. The van der Waals surface area contributed by atoms with E-state index in [0.717, 1.165) is 32.7 Å². The lowest BCUT2D eigenvalue weighted by atomic mass is 10.1. The first-order chi connectivity index (χ1) is 18.9. The fourth-order valence-electron chi connectivity index (χ4n) is 4.73. The molecule has 0 aliphatic carbocycles. The molecule has 1 saturated heterocycles. The van der Waals surface area contributed by atoms with Crippen LogP contribution in [0.1, 0.15) is 11.3 Å². The van der Waals surface area contributed by atoms with Crippen molar-refractivity contribution in [3.05, 3.63) is 82.9 Å². The predicted octanol–water partition coefficient (Wildman–Crippen LogP) is 6.44. The van der Waals surface area contributed by atoms with E-state index in [2.05, 4.69) is 5.32 Å². The largest absolute Gasteiger partial charge is 0.454 e. The average molecular weight is 574 g/mol. The maximum absolute atomic E-state index is 13.5. The molecule has 3 heterocycles. The van der Waals surface area contributed by atoms with E-state index in [-0.39, 0.29) is 25.2 Å². The van der Waals surface area contributed by atoms with Gasteiger partial charge in [-0.1, -0.05) is 48.2 Å². The summed E-state index contributed by atoms with van der Waals surface area (Å²) in [5.41, 5.74) is 4.07. The number of thioether (sulfide) groups is 2. The molecule has 0 spiro atoms. The molecule has 0 saturated carbocycles. The van der Waals surface area contributed by atoms with Crippen molar-refractivity contribution in [2.75, 3.05) is 23.3 Å². The monoisotopic (exact) mass is 573 g/mol. The van der Waals surface area contributed by atoms with Crippen molar-refractivity contribution in [3.8, 4) is 11.5 Å². The highest BCUT2D eigenvalue weighted by Crippen LogP contribution is 2.39. The summed E-state index contributed by atoms with van der Waals surface area (Å²) in [7, 11) is 0. The van der Waals surface area contributed by atoms with Gasteiger partial charge in [0.25, 0.3) is 5.91 Å². The quantitative estimate of drug-likeness (QED) is 0.162.